The first-order chi connectivity index (χ1) is 11.9. The Bertz CT molecular complexity index is 863. The van der Waals surface area contributed by atoms with E-state index < -0.39 is 16.2 Å². The highest BCUT2D eigenvalue weighted by Gasteiger charge is 2.26. The van der Waals surface area contributed by atoms with E-state index in [9.17, 15) is 8.42 Å². The monoisotopic (exact) mass is 365 g/mol. The van der Waals surface area contributed by atoms with E-state index in [1.807, 2.05) is 6.92 Å². The Labute approximate surface area is 146 Å². The van der Waals surface area contributed by atoms with Crippen LogP contribution in [0.2, 0.25) is 0 Å². The molecular weight excluding hydrogens is 346 g/mol. The van der Waals surface area contributed by atoms with Gasteiger partial charge in [0.2, 0.25) is 0 Å². The fourth-order valence-corrected chi connectivity index (χ4v) is 3.29. The SMILES string of the molecule is COc1cc2c(cc1N)OC(COS(=O)(=O)c1ccc(C)cc1)CO2. The van der Waals surface area contributed by atoms with E-state index in [0.29, 0.717) is 22.9 Å². The van der Waals surface area contributed by atoms with Gasteiger partial charge in [0.05, 0.1) is 17.7 Å². The topological polar surface area (TPSA) is 97.1 Å². The first kappa shape index (κ1) is 17.4. The first-order valence-corrected chi connectivity index (χ1v) is 9.03. The molecule has 25 heavy (non-hydrogen) atoms. The lowest BCUT2D eigenvalue weighted by atomic mass is 10.2. The van der Waals surface area contributed by atoms with E-state index >= 15 is 0 Å². The molecule has 2 aromatic rings. The van der Waals surface area contributed by atoms with Crippen molar-refractivity contribution in [1.82, 2.24) is 0 Å². The lowest BCUT2D eigenvalue weighted by Crippen LogP contribution is -2.34. The molecule has 1 heterocycles. The molecule has 1 unspecified atom stereocenters. The molecule has 1 atom stereocenters. The third-order valence-corrected chi connectivity index (χ3v) is 5.03. The van der Waals surface area contributed by atoms with Crippen LogP contribution >= 0.6 is 0 Å². The molecule has 1 aliphatic rings. The van der Waals surface area contributed by atoms with Gasteiger partial charge in [0, 0.05) is 12.1 Å². The third-order valence-electron chi connectivity index (χ3n) is 3.73. The minimum absolute atomic E-state index is 0.101. The van der Waals surface area contributed by atoms with E-state index in [1.54, 1.807) is 24.3 Å². The average Bonchev–Trinajstić information content (AvgIpc) is 2.59. The standard InChI is InChI=1S/C17H19NO6S/c1-11-3-5-13(6-4-11)25(19,20)23-10-12-9-22-16-8-15(21-2)14(18)7-17(16)24-12/h3-8,12H,9-10,18H2,1-2H3. The minimum atomic E-state index is -3.85. The van der Waals surface area contributed by atoms with Gasteiger partial charge in [-0.2, -0.15) is 8.42 Å². The predicted molar refractivity (Wildman–Crippen MR) is 91.6 cm³/mol. The van der Waals surface area contributed by atoms with Crippen LogP contribution in [0, 0.1) is 6.92 Å². The summed E-state index contributed by atoms with van der Waals surface area (Å²) in [6.45, 7) is 1.87. The summed E-state index contributed by atoms with van der Waals surface area (Å²) >= 11 is 0. The van der Waals surface area contributed by atoms with Crippen LogP contribution in [-0.4, -0.2) is 34.8 Å². The Kier molecular flexibility index (Phi) is 4.73. The molecular formula is C17H19NO6S. The van der Waals surface area contributed by atoms with Crippen molar-refractivity contribution in [3.05, 3.63) is 42.0 Å². The molecule has 0 spiro atoms. The second kappa shape index (κ2) is 6.81. The predicted octanol–water partition coefficient (Wildman–Crippen LogP) is 2.13. The maximum Gasteiger partial charge on any atom is 0.297 e. The largest absolute Gasteiger partial charge is 0.494 e. The average molecular weight is 365 g/mol. The minimum Gasteiger partial charge on any atom is -0.494 e. The van der Waals surface area contributed by atoms with Gasteiger partial charge in [0.25, 0.3) is 10.1 Å². The van der Waals surface area contributed by atoms with Gasteiger partial charge in [-0.1, -0.05) is 17.7 Å². The Morgan fingerprint density at radius 1 is 1.20 bits per heavy atom. The Balaban J connectivity index is 1.67. The normalized spacial score (nSPS) is 16.5. The van der Waals surface area contributed by atoms with Crippen LogP contribution in [0.5, 0.6) is 17.2 Å². The van der Waals surface area contributed by atoms with Crippen molar-refractivity contribution in [1.29, 1.82) is 0 Å². The molecule has 2 N–H and O–H groups in total. The van der Waals surface area contributed by atoms with Crippen molar-refractivity contribution in [2.24, 2.45) is 0 Å². The zero-order valence-corrected chi connectivity index (χ0v) is 14.7. The highest BCUT2D eigenvalue weighted by molar-refractivity contribution is 7.86. The maximum absolute atomic E-state index is 12.2. The molecule has 8 heteroatoms. The van der Waals surface area contributed by atoms with Crippen LogP contribution in [0.25, 0.3) is 0 Å². The van der Waals surface area contributed by atoms with E-state index in [4.69, 9.17) is 24.1 Å². The van der Waals surface area contributed by atoms with Crippen molar-refractivity contribution in [2.45, 2.75) is 17.9 Å². The molecule has 0 radical (unpaired) electrons. The summed E-state index contributed by atoms with van der Waals surface area (Å²) in [5, 5.41) is 0. The van der Waals surface area contributed by atoms with Crippen LogP contribution in [0.3, 0.4) is 0 Å². The molecule has 0 aromatic heterocycles. The summed E-state index contributed by atoms with van der Waals surface area (Å²) < 4.78 is 45.9. The second-order valence-electron chi connectivity index (χ2n) is 5.64. The molecule has 0 saturated carbocycles. The number of aryl methyl sites for hydroxylation is 1. The van der Waals surface area contributed by atoms with Crippen LogP contribution in [-0.2, 0) is 14.3 Å². The third kappa shape index (κ3) is 3.80. The number of hydrogen-bond acceptors (Lipinski definition) is 7. The van der Waals surface area contributed by atoms with E-state index in [1.165, 1.54) is 19.2 Å². The summed E-state index contributed by atoms with van der Waals surface area (Å²) in [6.07, 6.45) is -0.569. The summed E-state index contributed by atoms with van der Waals surface area (Å²) in [7, 11) is -2.34. The fourth-order valence-electron chi connectivity index (χ4n) is 2.36. The number of anilines is 1. The summed E-state index contributed by atoms with van der Waals surface area (Å²) in [5.74, 6) is 1.40. The van der Waals surface area contributed by atoms with Crippen LogP contribution in [0.1, 0.15) is 5.56 Å². The number of fused-ring (bicyclic) bond motifs is 1. The summed E-state index contributed by atoms with van der Waals surface area (Å²) in [4.78, 5) is 0.101. The van der Waals surface area contributed by atoms with E-state index in [0.717, 1.165) is 5.56 Å². The van der Waals surface area contributed by atoms with Crippen LogP contribution < -0.4 is 19.9 Å². The maximum atomic E-state index is 12.2. The summed E-state index contributed by atoms with van der Waals surface area (Å²) in [6, 6.07) is 9.64. The van der Waals surface area contributed by atoms with Gasteiger partial charge in [-0.15, -0.1) is 0 Å². The van der Waals surface area contributed by atoms with Crippen LogP contribution in [0.15, 0.2) is 41.3 Å². The number of nitrogens with two attached hydrogens (primary N) is 1. The highest BCUT2D eigenvalue weighted by atomic mass is 32.2. The van der Waals surface area contributed by atoms with Crippen LogP contribution in [0.4, 0.5) is 5.69 Å². The van der Waals surface area contributed by atoms with Crippen molar-refractivity contribution in [2.75, 3.05) is 26.1 Å². The summed E-state index contributed by atoms with van der Waals surface area (Å²) in [5.41, 5.74) is 7.21. The van der Waals surface area contributed by atoms with Crippen molar-refractivity contribution in [3.8, 4) is 17.2 Å². The van der Waals surface area contributed by atoms with Gasteiger partial charge in [-0.05, 0) is 19.1 Å². The smallest absolute Gasteiger partial charge is 0.297 e. The first-order valence-electron chi connectivity index (χ1n) is 7.62. The van der Waals surface area contributed by atoms with Crippen molar-refractivity contribution in [3.63, 3.8) is 0 Å². The zero-order valence-electron chi connectivity index (χ0n) is 13.9. The molecule has 0 aliphatic carbocycles. The molecule has 2 aromatic carbocycles. The molecule has 0 saturated heterocycles. The van der Waals surface area contributed by atoms with E-state index in [2.05, 4.69) is 0 Å². The Morgan fingerprint density at radius 3 is 2.60 bits per heavy atom. The molecule has 0 bridgehead atoms. The number of rotatable bonds is 5. The van der Waals surface area contributed by atoms with Crippen molar-refractivity contribution >= 4 is 15.8 Å². The Morgan fingerprint density at radius 2 is 1.92 bits per heavy atom. The fraction of sp³-hybridized carbons (Fsp3) is 0.294. The molecule has 1 aliphatic heterocycles. The number of benzene rings is 2. The van der Waals surface area contributed by atoms with Crippen molar-refractivity contribution < 1.29 is 26.8 Å². The number of nitrogen functional groups attached to an aromatic ring is 1. The van der Waals surface area contributed by atoms with Gasteiger partial charge in [-0.25, -0.2) is 0 Å². The van der Waals surface area contributed by atoms with Gasteiger partial charge < -0.3 is 19.9 Å². The van der Waals surface area contributed by atoms with E-state index in [-0.39, 0.29) is 18.1 Å². The Hall–Kier alpha value is -2.45. The molecule has 0 fully saturated rings. The van der Waals surface area contributed by atoms with Gasteiger partial charge in [0.1, 0.15) is 19.0 Å². The van der Waals surface area contributed by atoms with Gasteiger partial charge in [0.15, 0.2) is 17.6 Å². The van der Waals surface area contributed by atoms with Gasteiger partial charge in [-0.3, -0.25) is 4.18 Å². The van der Waals surface area contributed by atoms with Gasteiger partial charge >= 0.3 is 0 Å². The second-order valence-corrected chi connectivity index (χ2v) is 7.26. The molecule has 134 valence electrons. The number of methoxy groups -OCH3 is 1. The molecule has 0 amide bonds. The number of ether oxygens (including phenoxy) is 3. The highest BCUT2D eigenvalue weighted by Crippen LogP contribution is 2.39. The lowest BCUT2D eigenvalue weighted by Gasteiger charge is -2.26. The molecule has 3 rings (SSSR count). The molecule has 7 nitrogen and oxygen atoms in total. The lowest BCUT2D eigenvalue weighted by molar-refractivity contribution is 0.0553. The quantitative estimate of drug-likeness (QED) is 0.640. The number of hydrogen-bond donors (Lipinski definition) is 1. The zero-order chi connectivity index (χ0) is 18.0.